The molecule has 1 aliphatic heterocycles. The number of nitrogens with two attached hydrogens (primary N) is 1. The van der Waals surface area contributed by atoms with Gasteiger partial charge in [-0.2, -0.15) is 4.98 Å². The van der Waals surface area contributed by atoms with Crippen LogP contribution in [0.15, 0.2) is 24.3 Å². The first-order valence-corrected chi connectivity index (χ1v) is 5.71. The average Bonchev–Trinajstić information content (AvgIpc) is 2.54. The highest BCUT2D eigenvalue weighted by atomic mass is 16.1. The van der Waals surface area contributed by atoms with Crippen molar-refractivity contribution < 1.29 is 4.79 Å². The van der Waals surface area contributed by atoms with Gasteiger partial charge in [-0.3, -0.25) is 10.2 Å². The summed E-state index contributed by atoms with van der Waals surface area (Å²) in [7, 11) is 0. The van der Waals surface area contributed by atoms with Crippen LogP contribution in [0.4, 0.5) is 23.1 Å². The van der Waals surface area contributed by atoms with Gasteiger partial charge in [0.05, 0.1) is 17.1 Å². The van der Waals surface area contributed by atoms with Gasteiger partial charge in [-0.05, 0) is 19.1 Å². The molecule has 0 saturated heterocycles. The topological polar surface area (TPSA) is 105 Å². The molecule has 0 unspecified atom stereocenters. The van der Waals surface area contributed by atoms with E-state index in [1.165, 1.54) is 0 Å². The lowest BCUT2D eigenvalue weighted by molar-refractivity contribution is 0.102. The molecule has 0 radical (unpaired) electrons. The predicted molar refractivity (Wildman–Crippen MR) is 72.3 cm³/mol. The molecule has 0 bridgehead atoms. The van der Waals surface area contributed by atoms with Crippen LogP contribution < -0.4 is 21.9 Å². The molecule has 3 rings (SSSR count). The highest BCUT2D eigenvalue weighted by Crippen LogP contribution is 2.31. The third kappa shape index (κ3) is 1.85. The van der Waals surface area contributed by atoms with Gasteiger partial charge in [0.15, 0.2) is 0 Å². The number of carbonyl (C=O) groups is 1. The van der Waals surface area contributed by atoms with Crippen molar-refractivity contribution in [1.82, 2.24) is 9.97 Å². The van der Waals surface area contributed by atoms with Crippen molar-refractivity contribution in [3.63, 3.8) is 0 Å². The van der Waals surface area contributed by atoms with Crippen LogP contribution >= 0.6 is 0 Å². The van der Waals surface area contributed by atoms with Crippen molar-refractivity contribution in [1.29, 1.82) is 0 Å². The van der Waals surface area contributed by atoms with Gasteiger partial charge in [0, 0.05) is 0 Å². The number of nitrogen functional groups attached to an aromatic ring is 1. The van der Waals surface area contributed by atoms with Gasteiger partial charge in [0.2, 0.25) is 5.95 Å². The Kier molecular flexibility index (Phi) is 2.53. The molecule has 0 fully saturated rings. The van der Waals surface area contributed by atoms with Gasteiger partial charge < -0.3 is 10.6 Å². The smallest absolute Gasteiger partial charge is 0.261 e. The molecule has 0 atom stereocenters. The van der Waals surface area contributed by atoms with Crippen LogP contribution in [0.5, 0.6) is 0 Å². The van der Waals surface area contributed by atoms with E-state index < -0.39 is 0 Å². The summed E-state index contributed by atoms with van der Waals surface area (Å²) in [6.07, 6.45) is 0. The Bertz CT molecular complexity index is 669. The first kappa shape index (κ1) is 11.4. The van der Waals surface area contributed by atoms with Gasteiger partial charge in [-0.25, -0.2) is 10.8 Å². The molecule has 1 aromatic heterocycles. The summed E-state index contributed by atoms with van der Waals surface area (Å²) in [4.78, 5) is 20.5. The minimum atomic E-state index is -0.242. The molecule has 0 spiro atoms. The van der Waals surface area contributed by atoms with E-state index in [0.29, 0.717) is 22.8 Å². The van der Waals surface area contributed by atoms with E-state index in [0.717, 1.165) is 5.69 Å². The number of hydrogen-bond acceptors (Lipinski definition) is 6. The number of para-hydroxylation sites is 2. The van der Waals surface area contributed by atoms with Crippen molar-refractivity contribution in [3.05, 3.63) is 35.5 Å². The molecule has 5 N–H and O–H groups in total. The van der Waals surface area contributed by atoms with Crippen molar-refractivity contribution >= 4 is 29.0 Å². The van der Waals surface area contributed by atoms with Crippen LogP contribution in [-0.4, -0.2) is 15.9 Å². The maximum atomic E-state index is 12.2. The first-order valence-electron chi connectivity index (χ1n) is 5.71. The molecule has 7 nitrogen and oxygen atoms in total. The van der Waals surface area contributed by atoms with Gasteiger partial charge >= 0.3 is 0 Å². The Balaban J connectivity index is 2.20. The normalized spacial score (nSPS) is 12.6. The molecule has 2 aromatic rings. The Morgan fingerprint density at radius 1 is 1.16 bits per heavy atom. The number of hydrogen-bond donors (Lipinski definition) is 4. The number of carbonyl (C=O) groups excluding carboxylic acids is 1. The summed E-state index contributed by atoms with van der Waals surface area (Å²) >= 11 is 0. The molecule has 0 saturated carbocycles. The minimum absolute atomic E-state index is 0.242. The third-order valence-corrected chi connectivity index (χ3v) is 2.87. The van der Waals surface area contributed by atoms with Crippen molar-refractivity contribution in [2.45, 2.75) is 6.92 Å². The fourth-order valence-corrected chi connectivity index (χ4v) is 2.01. The van der Waals surface area contributed by atoms with E-state index in [-0.39, 0.29) is 11.9 Å². The molecule has 7 heteroatoms. The molecular weight excluding hydrogens is 244 g/mol. The van der Waals surface area contributed by atoms with E-state index in [4.69, 9.17) is 5.84 Å². The number of anilines is 4. The second-order valence-corrected chi connectivity index (χ2v) is 4.13. The molecule has 0 aliphatic carbocycles. The van der Waals surface area contributed by atoms with Crippen LogP contribution in [0, 0.1) is 6.92 Å². The minimum Gasteiger partial charge on any atom is -0.338 e. The summed E-state index contributed by atoms with van der Waals surface area (Å²) in [5, 5.41) is 5.94. The Morgan fingerprint density at radius 3 is 2.53 bits per heavy atom. The lowest BCUT2D eigenvalue weighted by atomic mass is 10.2. The number of aryl methyl sites for hydroxylation is 1. The van der Waals surface area contributed by atoms with Gasteiger partial charge in [-0.15, -0.1) is 0 Å². The molecule has 19 heavy (non-hydrogen) atoms. The largest absolute Gasteiger partial charge is 0.338 e. The maximum absolute atomic E-state index is 12.2. The SMILES string of the molecule is Cc1nc(NN)nc2c1C(=O)Nc1ccccc1N2. The summed E-state index contributed by atoms with van der Waals surface area (Å²) < 4.78 is 0. The Labute approximate surface area is 109 Å². The fourth-order valence-electron chi connectivity index (χ4n) is 2.01. The highest BCUT2D eigenvalue weighted by Gasteiger charge is 2.23. The van der Waals surface area contributed by atoms with Crippen molar-refractivity contribution in [3.8, 4) is 0 Å². The highest BCUT2D eigenvalue weighted by molar-refractivity contribution is 6.12. The number of rotatable bonds is 1. The zero-order chi connectivity index (χ0) is 13.4. The molecular formula is C12H12N6O. The van der Waals surface area contributed by atoms with Crippen LogP contribution in [0.2, 0.25) is 0 Å². The van der Waals surface area contributed by atoms with Crippen LogP contribution in [0.1, 0.15) is 16.1 Å². The van der Waals surface area contributed by atoms with Gasteiger partial charge in [0.25, 0.3) is 5.91 Å². The van der Waals surface area contributed by atoms with E-state index in [1.54, 1.807) is 6.92 Å². The van der Waals surface area contributed by atoms with Gasteiger partial charge in [-0.1, -0.05) is 12.1 Å². The summed E-state index contributed by atoms with van der Waals surface area (Å²) in [5.74, 6) is 5.77. The molecule has 1 amide bonds. The van der Waals surface area contributed by atoms with E-state index >= 15 is 0 Å². The first-order chi connectivity index (χ1) is 9.19. The molecule has 1 aromatic carbocycles. The summed E-state index contributed by atoms with van der Waals surface area (Å²) in [6.45, 7) is 1.73. The third-order valence-electron chi connectivity index (χ3n) is 2.87. The number of nitrogens with one attached hydrogen (secondary N) is 3. The number of aromatic nitrogens is 2. The van der Waals surface area contributed by atoms with Crippen LogP contribution in [-0.2, 0) is 0 Å². The number of nitrogens with zero attached hydrogens (tertiary/aromatic N) is 2. The number of fused-ring (bicyclic) bond motifs is 2. The fraction of sp³-hybridized carbons (Fsp3) is 0.0833. The number of benzene rings is 1. The summed E-state index contributed by atoms with van der Waals surface area (Å²) in [5.41, 5.74) is 4.82. The van der Waals surface area contributed by atoms with E-state index in [2.05, 4.69) is 26.0 Å². The second-order valence-electron chi connectivity index (χ2n) is 4.13. The zero-order valence-corrected chi connectivity index (χ0v) is 10.2. The lowest BCUT2D eigenvalue weighted by Gasteiger charge is -2.09. The predicted octanol–water partition coefficient (Wildman–Crippen LogP) is 1.38. The summed E-state index contributed by atoms with van der Waals surface area (Å²) in [6, 6.07) is 7.40. The van der Waals surface area contributed by atoms with Crippen molar-refractivity contribution in [2.24, 2.45) is 5.84 Å². The monoisotopic (exact) mass is 256 g/mol. The zero-order valence-electron chi connectivity index (χ0n) is 10.2. The Morgan fingerprint density at radius 2 is 1.84 bits per heavy atom. The quantitative estimate of drug-likeness (QED) is 0.454. The number of amides is 1. The van der Waals surface area contributed by atoms with Crippen LogP contribution in [0.25, 0.3) is 0 Å². The van der Waals surface area contributed by atoms with Crippen LogP contribution in [0.3, 0.4) is 0 Å². The second kappa shape index (κ2) is 4.21. The number of hydrazine groups is 1. The van der Waals surface area contributed by atoms with Crippen molar-refractivity contribution in [2.75, 3.05) is 16.1 Å². The average molecular weight is 256 g/mol. The Hall–Kier alpha value is -2.67. The van der Waals surface area contributed by atoms with E-state index in [1.807, 2.05) is 24.3 Å². The molecule has 1 aliphatic rings. The van der Waals surface area contributed by atoms with Gasteiger partial charge in [0.1, 0.15) is 11.4 Å². The standard InChI is InChI=1S/C12H12N6O/c1-6-9-10(17-12(14-6)18-13)15-7-4-2-3-5-8(7)16-11(9)19/h2-5H,13H2,1H3,(H,16,19)(H2,14,15,17,18). The lowest BCUT2D eigenvalue weighted by Crippen LogP contribution is -2.17. The van der Waals surface area contributed by atoms with E-state index in [9.17, 15) is 4.79 Å². The molecule has 96 valence electrons. The molecule has 2 heterocycles. The maximum Gasteiger partial charge on any atom is 0.261 e.